The minimum atomic E-state index is -1.20. The summed E-state index contributed by atoms with van der Waals surface area (Å²) in [6.45, 7) is 4.15. The van der Waals surface area contributed by atoms with Crippen LogP contribution in [0, 0.1) is 5.92 Å². The Bertz CT molecular complexity index is 1180. The van der Waals surface area contributed by atoms with Gasteiger partial charge in [-0.1, -0.05) is 30.8 Å². The lowest BCUT2D eigenvalue weighted by Crippen LogP contribution is -2.71. The number of carbonyl (C=O) groups is 3. The molecule has 0 saturated carbocycles. The summed E-state index contributed by atoms with van der Waals surface area (Å²) in [6, 6.07) is -0.919. The summed E-state index contributed by atoms with van der Waals surface area (Å²) in [5, 5.41) is 28.4. The number of hydrogen-bond donors (Lipinski definition) is 4. The highest BCUT2D eigenvalue weighted by atomic mass is 32.2. The fourth-order valence-corrected chi connectivity index (χ4v) is 6.09. The van der Waals surface area contributed by atoms with Crippen LogP contribution in [-0.2, 0) is 19.2 Å². The average Bonchev–Trinajstić information content (AvgIpc) is 3.49. The molecule has 2 aromatic heterocycles. The summed E-state index contributed by atoms with van der Waals surface area (Å²) in [4.78, 5) is 48.6. The lowest BCUT2D eigenvalue weighted by Gasteiger charge is -2.49. The molecule has 2 aliphatic rings. The van der Waals surface area contributed by atoms with Gasteiger partial charge in [0.2, 0.25) is 0 Å². The molecule has 2 aliphatic heterocycles. The van der Waals surface area contributed by atoms with Crippen molar-refractivity contribution < 1.29 is 24.3 Å². The quantitative estimate of drug-likeness (QED) is 0.145. The molecule has 0 spiro atoms. The van der Waals surface area contributed by atoms with Crippen LogP contribution in [0.1, 0.15) is 19.5 Å². The number of carboxylic acid groups (broad SMARTS) is 1. The van der Waals surface area contributed by atoms with Crippen molar-refractivity contribution in [3.8, 4) is 0 Å². The van der Waals surface area contributed by atoms with Crippen molar-refractivity contribution in [2.75, 3.05) is 23.8 Å². The van der Waals surface area contributed by atoms with Gasteiger partial charge in [-0.3, -0.25) is 14.5 Å². The Morgan fingerprint density at radius 1 is 1.49 bits per heavy atom. The molecule has 2 atom stereocenters. The van der Waals surface area contributed by atoms with Gasteiger partial charge in [0.05, 0.1) is 6.20 Å². The molecule has 0 aromatic carbocycles. The number of β-lactam (4-membered cyclic amide) rings is 1. The molecule has 0 radical (unpaired) electrons. The molecule has 1 unspecified atom stereocenters. The van der Waals surface area contributed by atoms with Crippen LogP contribution in [0.3, 0.4) is 0 Å². The van der Waals surface area contributed by atoms with Crippen molar-refractivity contribution >= 4 is 63.5 Å². The predicted octanol–water partition coefficient (Wildman–Crippen LogP) is 0.751. The number of H-pyrrole nitrogens is 1. The van der Waals surface area contributed by atoms with Gasteiger partial charge < -0.3 is 21.0 Å². The number of nitrogens with two attached hydrogens (primary N) is 1. The Labute approximate surface area is 211 Å². The van der Waals surface area contributed by atoms with Crippen molar-refractivity contribution in [1.29, 1.82) is 0 Å². The molecule has 1 fully saturated rings. The number of anilines is 1. The SMILES string of the molecule is CC(C)CO/N=C(/C(=O)NC1C(=O)N2C(C(=O)O)=C(CSc3cn[nH]n3)CS[C@H]12)c1csc(N)n1. The summed E-state index contributed by atoms with van der Waals surface area (Å²) in [5.41, 5.74) is 6.34. The van der Waals surface area contributed by atoms with Crippen LogP contribution in [0.4, 0.5) is 5.13 Å². The number of amides is 2. The van der Waals surface area contributed by atoms with Gasteiger partial charge in [0.25, 0.3) is 11.8 Å². The fourth-order valence-electron chi connectivity index (χ4n) is 3.28. The molecule has 0 bridgehead atoms. The summed E-state index contributed by atoms with van der Waals surface area (Å²) < 4.78 is 0. The zero-order chi connectivity index (χ0) is 25.1. The van der Waals surface area contributed by atoms with E-state index < -0.39 is 29.2 Å². The molecule has 2 amide bonds. The molecule has 13 nitrogen and oxygen atoms in total. The number of thioether (sulfide) groups is 2. The summed E-state index contributed by atoms with van der Waals surface area (Å²) in [7, 11) is 0. The van der Waals surface area contributed by atoms with E-state index in [2.05, 4.69) is 30.9 Å². The molecule has 16 heteroatoms. The number of hydrogen-bond acceptors (Lipinski definition) is 12. The lowest BCUT2D eigenvalue weighted by molar-refractivity contribution is -0.150. The summed E-state index contributed by atoms with van der Waals surface area (Å²) >= 11 is 3.83. The number of fused-ring (bicyclic) bond motifs is 1. The Balaban J connectivity index is 1.48. The van der Waals surface area contributed by atoms with Crippen LogP contribution in [0.5, 0.6) is 0 Å². The molecule has 2 aromatic rings. The average molecular weight is 539 g/mol. The zero-order valence-corrected chi connectivity index (χ0v) is 21.1. The van der Waals surface area contributed by atoms with Crippen molar-refractivity contribution in [1.82, 2.24) is 30.6 Å². The van der Waals surface area contributed by atoms with Crippen molar-refractivity contribution in [3.63, 3.8) is 0 Å². The van der Waals surface area contributed by atoms with Gasteiger partial charge >= 0.3 is 5.97 Å². The molecule has 5 N–H and O–H groups in total. The highest BCUT2D eigenvalue weighted by molar-refractivity contribution is 8.01. The number of carbonyl (C=O) groups excluding carboxylic acids is 2. The van der Waals surface area contributed by atoms with E-state index in [1.807, 2.05) is 13.8 Å². The molecule has 1 saturated heterocycles. The van der Waals surface area contributed by atoms with Crippen LogP contribution in [0.25, 0.3) is 0 Å². The van der Waals surface area contributed by atoms with Gasteiger partial charge in [0.1, 0.15) is 34.4 Å². The molecule has 186 valence electrons. The molecule has 4 heterocycles. The second-order valence-corrected chi connectivity index (χ2v) is 10.9. The number of oxime groups is 1. The molecule has 35 heavy (non-hydrogen) atoms. The van der Waals surface area contributed by atoms with E-state index >= 15 is 0 Å². The molecule has 0 aliphatic carbocycles. The third-order valence-electron chi connectivity index (χ3n) is 4.87. The maximum atomic E-state index is 13.0. The van der Waals surface area contributed by atoms with Crippen LogP contribution in [0.15, 0.2) is 33.0 Å². The Kier molecular flexibility index (Phi) is 7.61. The van der Waals surface area contributed by atoms with E-state index in [1.54, 1.807) is 5.38 Å². The Hall–Kier alpha value is -3.11. The third-order valence-corrected chi connectivity index (χ3v) is 7.87. The van der Waals surface area contributed by atoms with E-state index in [4.69, 9.17) is 10.6 Å². The third kappa shape index (κ3) is 5.43. The van der Waals surface area contributed by atoms with E-state index in [0.29, 0.717) is 22.1 Å². The normalized spacial score (nSPS) is 20.0. The first kappa shape index (κ1) is 25.0. The number of nitrogen functional groups attached to an aromatic ring is 1. The van der Waals surface area contributed by atoms with Crippen LogP contribution in [0.2, 0.25) is 0 Å². The maximum Gasteiger partial charge on any atom is 0.352 e. The number of rotatable bonds is 10. The minimum Gasteiger partial charge on any atom is -0.477 e. The van der Waals surface area contributed by atoms with E-state index in [9.17, 15) is 19.5 Å². The topological polar surface area (TPSA) is 189 Å². The van der Waals surface area contributed by atoms with Crippen LogP contribution >= 0.6 is 34.9 Å². The van der Waals surface area contributed by atoms with E-state index in [1.165, 1.54) is 34.6 Å². The number of aliphatic carboxylic acids is 1. The second kappa shape index (κ2) is 10.7. The molecule has 4 rings (SSSR count). The number of nitrogens with one attached hydrogen (secondary N) is 2. The van der Waals surface area contributed by atoms with Crippen molar-refractivity contribution in [2.45, 2.75) is 30.3 Å². The number of nitrogens with zero attached hydrogens (tertiary/aromatic N) is 5. The standard InChI is InChI=1S/C19H22N8O5S3/c1-8(2)4-32-25-12(10-7-35-19(20)22-10)15(28)23-13-16(29)27-14(18(30)31)9(6-34-17(13)27)5-33-11-3-21-26-24-11/h3,7-8,13,17H,4-6H2,1-2H3,(H2,20,22)(H,23,28)(H,30,31)(H,21,24,26)/b25-12+/t13?,17-/m1/s1. The zero-order valence-electron chi connectivity index (χ0n) is 18.6. The predicted molar refractivity (Wildman–Crippen MR) is 131 cm³/mol. The molecular weight excluding hydrogens is 516 g/mol. The van der Waals surface area contributed by atoms with Gasteiger partial charge in [-0.25, -0.2) is 9.78 Å². The molecular formula is C19H22N8O5S3. The Morgan fingerprint density at radius 3 is 2.91 bits per heavy atom. The first-order valence-electron chi connectivity index (χ1n) is 10.4. The maximum absolute atomic E-state index is 13.0. The fraction of sp³-hybridized carbons (Fsp3) is 0.421. The highest BCUT2D eigenvalue weighted by Crippen LogP contribution is 2.41. The second-order valence-electron chi connectivity index (χ2n) is 7.92. The van der Waals surface area contributed by atoms with Gasteiger partial charge in [0.15, 0.2) is 10.8 Å². The number of thiazole rings is 1. The monoisotopic (exact) mass is 538 g/mol. The van der Waals surface area contributed by atoms with Crippen LogP contribution < -0.4 is 11.1 Å². The number of aromatic nitrogens is 4. The Morgan fingerprint density at radius 2 is 2.29 bits per heavy atom. The van der Waals surface area contributed by atoms with Gasteiger partial charge in [-0.15, -0.1) is 28.2 Å². The van der Waals surface area contributed by atoms with Gasteiger partial charge in [0, 0.05) is 16.9 Å². The van der Waals surface area contributed by atoms with Crippen LogP contribution in [-0.4, -0.2) is 83.4 Å². The number of aromatic amines is 1. The largest absolute Gasteiger partial charge is 0.477 e. The van der Waals surface area contributed by atoms with Crippen molar-refractivity contribution in [2.24, 2.45) is 11.1 Å². The first-order valence-corrected chi connectivity index (χ1v) is 13.3. The van der Waals surface area contributed by atoms with E-state index in [0.717, 1.165) is 11.3 Å². The number of carboxylic acids is 1. The minimum absolute atomic E-state index is 0.0679. The van der Waals surface area contributed by atoms with Gasteiger partial charge in [-0.2, -0.15) is 10.3 Å². The highest BCUT2D eigenvalue weighted by Gasteiger charge is 2.54. The van der Waals surface area contributed by atoms with E-state index in [-0.39, 0.29) is 34.8 Å². The van der Waals surface area contributed by atoms with Crippen molar-refractivity contribution in [3.05, 3.63) is 28.5 Å². The summed E-state index contributed by atoms with van der Waals surface area (Å²) in [6.07, 6.45) is 1.53. The first-order chi connectivity index (χ1) is 16.8. The smallest absolute Gasteiger partial charge is 0.352 e. The lowest BCUT2D eigenvalue weighted by atomic mass is 10.0. The summed E-state index contributed by atoms with van der Waals surface area (Å²) in [5.74, 6) is -1.48. The van der Waals surface area contributed by atoms with Gasteiger partial charge in [-0.05, 0) is 11.5 Å².